The summed E-state index contributed by atoms with van der Waals surface area (Å²) in [6.45, 7) is 12.2. The van der Waals surface area contributed by atoms with Crippen LogP contribution in [0.25, 0.3) is 0 Å². The monoisotopic (exact) mass is 771 g/mol. The van der Waals surface area contributed by atoms with Crippen LogP contribution >= 0.6 is 11.3 Å². The van der Waals surface area contributed by atoms with Crippen molar-refractivity contribution in [2.24, 2.45) is 17.8 Å². The number of carbonyl (C=O) groups is 5. The second kappa shape index (κ2) is 21.9. The number of aliphatic carboxylic acids is 1. The van der Waals surface area contributed by atoms with E-state index in [4.69, 9.17) is 9.47 Å². The molecule has 13 nitrogen and oxygen atoms in total. The van der Waals surface area contributed by atoms with Gasteiger partial charge in [-0.2, -0.15) is 0 Å². The van der Waals surface area contributed by atoms with Gasteiger partial charge in [0.2, 0.25) is 11.8 Å². The van der Waals surface area contributed by atoms with Gasteiger partial charge >= 0.3 is 11.9 Å². The molecule has 1 fully saturated rings. The number of likely N-dealkylation sites (N-methyl/N-ethyl adjacent to an activating group) is 1. The van der Waals surface area contributed by atoms with Crippen molar-refractivity contribution in [3.63, 3.8) is 0 Å². The summed E-state index contributed by atoms with van der Waals surface area (Å²) in [4.78, 5) is 74.3. The van der Waals surface area contributed by atoms with Crippen molar-refractivity contribution in [3.8, 4) is 0 Å². The fourth-order valence-corrected chi connectivity index (χ4v) is 7.78. The molecule has 1 aliphatic rings. The van der Waals surface area contributed by atoms with Crippen molar-refractivity contribution in [1.29, 1.82) is 0 Å². The first-order valence-corrected chi connectivity index (χ1v) is 20.0. The number of benzene rings is 1. The molecular weight excluding hydrogens is 711 g/mol. The molecule has 300 valence electrons. The fourth-order valence-electron chi connectivity index (χ4n) is 6.94. The minimum atomic E-state index is -0.949. The maximum absolute atomic E-state index is 14.6. The Morgan fingerprint density at radius 2 is 1.76 bits per heavy atom. The molecule has 0 spiro atoms. The molecule has 14 heteroatoms. The number of nitrogens with zero attached hydrogens (tertiary/aromatic N) is 3. The van der Waals surface area contributed by atoms with Gasteiger partial charge in [-0.05, 0) is 56.7 Å². The van der Waals surface area contributed by atoms with E-state index in [0.29, 0.717) is 17.8 Å². The van der Waals surface area contributed by atoms with Crippen LogP contribution in [0.2, 0.25) is 0 Å². The number of nitrogens with one attached hydrogen (secondary N) is 2. The van der Waals surface area contributed by atoms with Gasteiger partial charge < -0.3 is 30.1 Å². The van der Waals surface area contributed by atoms with Crippen LogP contribution in [0.4, 0.5) is 0 Å². The molecule has 1 aromatic carbocycles. The van der Waals surface area contributed by atoms with E-state index in [2.05, 4.69) is 15.6 Å². The van der Waals surface area contributed by atoms with Crippen LogP contribution in [-0.2, 0) is 35.1 Å². The van der Waals surface area contributed by atoms with Gasteiger partial charge in [-0.25, -0.2) is 4.98 Å². The molecule has 1 aromatic heterocycles. The Morgan fingerprint density at radius 3 is 2.35 bits per heavy atom. The van der Waals surface area contributed by atoms with Gasteiger partial charge in [0.25, 0.3) is 5.91 Å². The maximum atomic E-state index is 14.6. The molecule has 0 saturated carbocycles. The molecule has 1 unspecified atom stereocenters. The number of carbonyl (C=O) groups excluding carboxylic acids is 4. The number of aromatic nitrogens is 1. The zero-order chi connectivity index (χ0) is 39.9. The SMILES string of the molecule is CC[C@@H](C)[C@H](NC(=O)C1CCCCN1C)C(=O)N(CCOC)[C@H](C[C@@H](OC(C)=O)c1nc(C(=O)N[C@@H](Cc2ccccc2)C[C@H](C)C(=O)O)cs1)C(C)C. The van der Waals surface area contributed by atoms with E-state index in [-0.39, 0.29) is 61.4 Å². The molecule has 3 amide bonds. The number of amides is 3. The molecule has 2 aromatic rings. The molecule has 0 aliphatic carbocycles. The minimum Gasteiger partial charge on any atom is -0.481 e. The summed E-state index contributed by atoms with van der Waals surface area (Å²) in [7, 11) is 3.51. The highest BCUT2D eigenvalue weighted by atomic mass is 32.1. The number of hydrogen-bond acceptors (Lipinski definition) is 10. The molecule has 2 heterocycles. The number of hydrogen-bond donors (Lipinski definition) is 3. The van der Waals surface area contributed by atoms with Crippen LogP contribution in [-0.4, -0.2) is 108 Å². The van der Waals surface area contributed by atoms with Gasteiger partial charge in [0.15, 0.2) is 6.10 Å². The van der Waals surface area contributed by atoms with E-state index in [9.17, 15) is 29.1 Å². The largest absolute Gasteiger partial charge is 0.481 e. The van der Waals surface area contributed by atoms with Crippen LogP contribution in [0, 0.1) is 17.8 Å². The summed E-state index contributed by atoms with van der Waals surface area (Å²) in [5.41, 5.74) is 1.08. The topological polar surface area (TPSA) is 167 Å². The predicted octanol–water partition coefficient (Wildman–Crippen LogP) is 5.10. The first-order chi connectivity index (χ1) is 25.7. The molecular formula is C40H61N5O8S. The Morgan fingerprint density at radius 1 is 1.06 bits per heavy atom. The molecule has 7 atom stereocenters. The van der Waals surface area contributed by atoms with Crippen molar-refractivity contribution in [3.05, 3.63) is 52.0 Å². The highest BCUT2D eigenvalue weighted by Gasteiger charge is 2.39. The molecule has 0 radical (unpaired) electrons. The summed E-state index contributed by atoms with van der Waals surface area (Å²) >= 11 is 1.18. The Kier molecular flexibility index (Phi) is 18.0. The maximum Gasteiger partial charge on any atom is 0.306 e. The third kappa shape index (κ3) is 13.2. The summed E-state index contributed by atoms with van der Waals surface area (Å²) in [6, 6.07) is 7.53. The van der Waals surface area contributed by atoms with Gasteiger partial charge in [0.1, 0.15) is 16.7 Å². The first-order valence-electron chi connectivity index (χ1n) is 19.2. The summed E-state index contributed by atoms with van der Waals surface area (Å²) < 4.78 is 11.3. The number of thiazole rings is 1. The third-order valence-corrected chi connectivity index (χ3v) is 11.3. The standard InChI is InChI=1S/C40H61N5O8S/c1-9-26(4)35(43-37(48)32-17-13-14-18-44(32)7)39(49)45(19-20-52-8)33(25(2)3)23-34(53-28(6)46)38-42-31(24-54-38)36(47)41-30(21-27(5)40(50)51)22-29-15-11-10-12-16-29/h10-12,15-16,24-27,30,32-35H,9,13-14,17-23H2,1-8H3,(H,41,47)(H,43,48)(H,50,51)/t26-,27+,30-,32?,33-,34-,35+/m1/s1. The van der Waals surface area contributed by atoms with Crippen LogP contribution in [0.1, 0.15) is 107 Å². The lowest BCUT2D eigenvalue weighted by molar-refractivity contribution is -0.150. The molecule has 3 rings (SSSR count). The van der Waals surface area contributed by atoms with Crippen LogP contribution < -0.4 is 10.6 Å². The van der Waals surface area contributed by atoms with E-state index in [0.717, 1.165) is 31.4 Å². The van der Waals surface area contributed by atoms with Gasteiger partial charge in [0.05, 0.1) is 18.6 Å². The van der Waals surface area contributed by atoms with Crippen molar-refractivity contribution in [2.45, 2.75) is 117 Å². The highest BCUT2D eigenvalue weighted by Crippen LogP contribution is 2.32. The average molecular weight is 772 g/mol. The van der Waals surface area contributed by atoms with Crippen molar-refractivity contribution >= 4 is 41.0 Å². The highest BCUT2D eigenvalue weighted by molar-refractivity contribution is 7.09. The lowest BCUT2D eigenvalue weighted by Crippen LogP contribution is -2.59. The number of ether oxygens (including phenoxy) is 2. The van der Waals surface area contributed by atoms with Gasteiger partial charge in [-0.3, -0.25) is 28.9 Å². The van der Waals surface area contributed by atoms with Gasteiger partial charge in [0, 0.05) is 44.5 Å². The average Bonchev–Trinajstić information content (AvgIpc) is 3.63. The molecule has 1 saturated heterocycles. The smallest absolute Gasteiger partial charge is 0.306 e. The van der Waals surface area contributed by atoms with E-state index in [1.54, 1.807) is 24.3 Å². The van der Waals surface area contributed by atoms with E-state index < -0.39 is 48.0 Å². The number of esters is 1. The number of piperidine rings is 1. The van der Waals surface area contributed by atoms with E-state index in [1.165, 1.54) is 18.3 Å². The second-order valence-electron chi connectivity index (χ2n) is 14.9. The normalized spacial score (nSPS) is 18.1. The zero-order valence-electron chi connectivity index (χ0n) is 33.2. The lowest BCUT2D eigenvalue weighted by Gasteiger charge is -2.40. The summed E-state index contributed by atoms with van der Waals surface area (Å²) in [5.74, 6) is -3.27. The van der Waals surface area contributed by atoms with E-state index >= 15 is 0 Å². The van der Waals surface area contributed by atoms with Crippen LogP contribution in [0.15, 0.2) is 35.7 Å². The molecule has 3 N–H and O–H groups in total. The predicted molar refractivity (Wildman–Crippen MR) is 208 cm³/mol. The lowest BCUT2D eigenvalue weighted by atomic mass is 9.92. The molecule has 0 bridgehead atoms. The van der Waals surface area contributed by atoms with Crippen LogP contribution in [0.3, 0.4) is 0 Å². The van der Waals surface area contributed by atoms with Crippen molar-refractivity contribution < 1.29 is 38.6 Å². The minimum absolute atomic E-state index is 0.0978. The zero-order valence-corrected chi connectivity index (χ0v) is 34.0. The molecule has 1 aliphatic heterocycles. The summed E-state index contributed by atoms with van der Waals surface area (Å²) in [5, 5.41) is 17.7. The number of carboxylic acid groups (broad SMARTS) is 1. The Bertz CT molecular complexity index is 1520. The summed E-state index contributed by atoms with van der Waals surface area (Å²) in [6.07, 6.45) is 3.37. The van der Waals surface area contributed by atoms with E-state index in [1.807, 2.05) is 70.0 Å². The number of methoxy groups -OCH3 is 1. The number of rotatable bonds is 21. The Hall–Kier alpha value is -3.88. The fraction of sp³-hybridized carbons (Fsp3) is 0.650. The third-order valence-electron chi connectivity index (χ3n) is 10.4. The number of likely N-dealkylation sites (tertiary alicyclic amines) is 1. The quantitative estimate of drug-likeness (QED) is 0.145. The van der Waals surface area contributed by atoms with Crippen molar-refractivity contribution in [1.82, 2.24) is 25.4 Å². The second-order valence-corrected chi connectivity index (χ2v) is 15.8. The first kappa shape index (κ1) is 44.5. The van der Waals surface area contributed by atoms with Crippen LogP contribution in [0.5, 0.6) is 0 Å². The Labute approximate surface area is 324 Å². The van der Waals surface area contributed by atoms with Crippen molar-refractivity contribution in [2.75, 3.05) is 33.9 Å². The van der Waals surface area contributed by atoms with Gasteiger partial charge in [-0.15, -0.1) is 11.3 Å². The molecule has 54 heavy (non-hydrogen) atoms. The number of carboxylic acids is 1. The van der Waals surface area contributed by atoms with Gasteiger partial charge in [-0.1, -0.05) is 77.8 Å². The Balaban J connectivity index is 1.89.